The molecule has 100 valence electrons. The van der Waals surface area contributed by atoms with Crippen molar-refractivity contribution in [2.24, 2.45) is 5.92 Å². The molecule has 2 atom stereocenters. The summed E-state index contributed by atoms with van der Waals surface area (Å²) in [6.45, 7) is 4.41. The average Bonchev–Trinajstić information content (AvgIpc) is 2.36. The van der Waals surface area contributed by atoms with Crippen LogP contribution in [0.1, 0.15) is 67.3 Å². The van der Waals surface area contributed by atoms with Crippen molar-refractivity contribution in [1.82, 2.24) is 0 Å². The minimum atomic E-state index is 0.644. The Morgan fingerprint density at radius 2 is 1.67 bits per heavy atom. The highest BCUT2D eigenvalue weighted by Gasteiger charge is 2.15. The standard InChI is InChI=1S/C17H27P/c1-13-10-14(2)12-16(11-13)17(18)9-8-15-6-4-3-5-7-15/h10-12,15,17H,3-9,18H2,1-2H3. The summed E-state index contributed by atoms with van der Waals surface area (Å²) < 4.78 is 0. The van der Waals surface area contributed by atoms with Gasteiger partial charge in [-0.1, -0.05) is 61.4 Å². The molecular formula is C17H27P. The highest BCUT2D eigenvalue weighted by Crippen LogP contribution is 2.34. The fourth-order valence-corrected chi connectivity index (χ4v) is 3.67. The first-order valence-electron chi connectivity index (χ1n) is 7.49. The van der Waals surface area contributed by atoms with Crippen LogP contribution < -0.4 is 0 Å². The fourth-order valence-electron chi connectivity index (χ4n) is 3.28. The topological polar surface area (TPSA) is 0 Å². The van der Waals surface area contributed by atoms with Crippen LogP contribution in [0.2, 0.25) is 0 Å². The molecule has 0 aromatic heterocycles. The summed E-state index contributed by atoms with van der Waals surface area (Å²) in [7, 11) is 3.06. The molecule has 1 aromatic carbocycles. The van der Waals surface area contributed by atoms with Gasteiger partial charge in [0, 0.05) is 0 Å². The summed E-state index contributed by atoms with van der Waals surface area (Å²) in [6.07, 6.45) is 10.1. The van der Waals surface area contributed by atoms with E-state index < -0.39 is 0 Å². The van der Waals surface area contributed by atoms with Gasteiger partial charge in [-0.3, -0.25) is 0 Å². The zero-order valence-electron chi connectivity index (χ0n) is 11.9. The Hall–Kier alpha value is -0.350. The van der Waals surface area contributed by atoms with Crippen molar-refractivity contribution in [3.63, 3.8) is 0 Å². The molecule has 2 unspecified atom stereocenters. The van der Waals surface area contributed by atoms with E-state index in [1.165, 1.54) is 61.6 Å². The lowest BCUT2D eigenvalue weighted by Gasteiger charge is -2.23. The van der Waals surface area contributed by atoms with Crippen molar-refractivity contribution in [1.29, 1.82) is 0 Å². The van der Waals surface area contributed by atoms with E-state index in [0.717, 1.165) is 5.92 Å². The summed E-state index contributed by atoms with van der Waals surface area (Å²) in [5.74, 6) is 1.01. The van der Waals surface area contributed by atoms with Crippen LogP contribution in [-0.4, -0.2) is 0 Å². The lowest BCUT2D eigenvalue weighted by Crippen LogP contribution is -2.07. The Labute approximate surface area is 115 Å². The predicted octanol–water partition coefficient (Wildman–Crippen LogP) is 5.58. The molecule has 1 heteroatoms. The molecule has 18 heavy (non-hydrogen) atoms. The molecule has 0 spiro atoms. The summed E-state index contributed by atoms with van der Waals surface area (Å²) >= 11 is 0. The Balaban J connectivity index is 1.88. The van der Waals surface area contributed by atoms with Gasteiger partial charge in [0.2, 0.25) is 0 Å². The maximum absolute atomic E-state index is 3.06. The van der Waals surface area contributed by atoms with Crippen LogP contribution in [0.4, 0.5) is 0 Å². The van der Waals surface area contributed by atoms with Gasteiger partial charge in [-0.2, -0.15) is 0 Å². The first-order valence-corrected chi connectivity index (χ1v) is 8.15. The largest absolute Gasteiger partial charge is 0.130 e. The Bertz CT molecular complexity index is 357. The molecule has 1 fully saturated rings. The molecule has 2 rings (SSSR count). The monoisotopic (exact) mass is 262 g/mol. The Kier molecular flexibility index (Phi) is 5.25. The molecule has 1 saturated carbocycles. The first kappa shape index (κ1) is 14.1. The van der Waals surface area contributed by atoms with Gasteiger partial charge in [-0.25, -0.2) is 0 Å². The third kappa shape index (κ3) is 4.09. The molecule has 0 N–H and O–H groups in total. The van der Waals surface area contributed by atoms with Crippen molar-refractivity contribution in [2.45, 2.75) is 64.5 Å². The van der Waals surface area contributed by atoms with Crippen LogP contribution in [0.5, 0.6) is 0 Å². The quantitative estimate of drug-likeness (QED) is 0.621. The third-order valence-electron chi connectivity index (χ3n) is 4.28. The van der Waals surface area contributed by atoms with Crippen LogP contribution in [0.25, 0.3) is 0 Å². The third-order valence-corrected chi connectivity index (χ3v) is 5.00. The molecule has 1 aliphatic rings. The summed E-state index contributed by atoms with van der Waals surface area (Å²) in [5, 5.41) is 0. The zero-order chi connectivity index (χ0) is 13.0. The highest BCUT2D eigenvalue weighted by molar-refractivity contribution is 7.17. The number of aryl methyl sites for hydroxylation is 2. The van der Waals surface area contributed by atoms with Gasteiger partial charge in [-0.05, 0) is 43.8 Å². The fraction of sp³-hybridized carbons (Fsp3) is 0.647. The number of rotatable bonds is 4. The van der Waals surface area contributed by atoms with Crippen molar-refractivity contribution in [2.75, 3.05) is 0 Å². The summed E-state index contributed by atoms with van der Waals surface area (Å²) in [4.78, 5) is 0. The molecule has 1 aliphatic carbocycles. The van der Waals surface area contributed by atoms with Gasteiger partial charge >= 0.3 is 0 Å². The van der Waals surface area contributed by atoms with Gasteiger partial charge < -0.3 is 0 Å². The molecular weight excluding hydrogens is 235 g/mol. The minimum Gasteiger partial charge on any atom is -0.130 e. The molecule has 0 amide bonds. The van der Waals surface area contributed by atoms with E-state index in [0.29, 0.717) is 5.66 Å². The molecule has 0 radical (unpaired) electrons. The van der Waals surface area contributed by atoms with Crippen LogP contribution >= 0.6 is 9.24 Å². The van der Waals surface area contributed by atoms with E-state index in [2.05, 4.69) is 41.3 Å². The SMILES string of the molecule is Cc1cc(C)cc(C(P)CCC2CCCCC2)c1. The van der Waals surface area contributed by atoms with Crippen molar-refractivity contribution in [3.8, 4) is 0 Å². The second kappa shape index (κ2) is 6.71. The minimum absolute atomic E-state index is 0.644. The maximum atomic E-state index is 3.06. The van der Waals surface area contributed by atoms with E-state index in [9.17, 15) is 0 Å². The molecule has 1 aromatic rings. The molecule has 0 aliphatic heterocycles. The second-order valence-electron chi connectivity index (χ2n) is 6.11. The normalized spacial score (nSPS) is 18.8. The van der Waals surface area contributed by atoms with Crippen LogP contribution in [-0.2, 0) is 0 Å². The zero-order valence-corrected chi connectivity index (χ0v) is 13.1. The van der Waals surface area contributed by atoms with Gasteiger partial charge in [0.15, 0.2) is 0 Å². The Morgan fingerprint density at radius 3 is 2.28 bits per heavy atom. The van der Waals surface area contributed by atoms with E-state index in [1.807, 2.05) is 0 Å². The van der Waals surface area contributed by atoms with Gasteiger partial charge in [0.1, 0.15) is 0 Å². The molecule has 0 nitrogen and oxygen atoms in total. The van der Waals surface area contributed by atoms with Gasteiger partial charge in [0.05, 0.1) is 0 Å². The average molecular weight is 262 g/mol. The summed E-state index contributed by atoms with van der Waals surface area (Å²) in [5.41, 5.74) is 4.95. The summed E-state index contributed by atoms with van der Waals surface area (Å²) in [6, 6.07) is 6.97. The van der Waals surface area contributed by atoms with E-state index in [4.69, 9.17) is 0 Å². The number of hydrogen-bond donors (Lipinski definition) is 0. The van der Waals surface area contributed by atoms with Gasteiger partial charge in [-0.15, -0.1) is 9.24 Å². The predicted molar refractivity (Wildman–Crippen MR) is 84.2 cm³/mol. The Morgan fingerprint density at radius 1 is 1.06 bits per heavy atom. The molecule has 0 heterocycles. The number of hydrogen-bond acceptors (Lipinski definition) is 0. The number of benzene rings is 1. The van der Waals surface area contributed by atoms with Crippen LogP contribution in [0, 0.1) is 19.8 Å². The molecule has 0 bridgehead atoms. The lowest BCUT2D eigenvalue weighted by atomic mass is 9.85. The van der Waals surface area contributed by atoms with Crippen LogP contribution in [0.3, 0.4) is 0 Å². The first-order chi connectivity index (χ1) is 8.65. The van der Waals surface area contributed by atoms with Crippen LogP contribution in [0.15, 0.2) is 18.2 Å². The van der Waals surface area contributed by atoms with Crippen molar-refractivity contribution < 1.29 is 0 Å². The molecule has 0 saturated heterocycles. The maximum Gasteiger partial charge on any atom is -0.00143 e. The highest BCUT2D eigenvalue weighted by atomic mass is 31.0. The second-order valence-corrected chi connectivity index (χ2v) is 6.91. The lowest BCUT2D eigenvalue weighted by molar-refractivity contribution is 0.332. The van der Waals surface area contributed by atoms with E-state index in [1.54, 1.807) is 0 Å². The van der Waals surface area contributed by atoms with E-state index in [-0.39, 0.29) is 0 Å². The van der Waals surface area contributed by atoms with E-state index >= 15 is 0 Å². The van der Waals surface area contributed by atoms with Gasteiger partial charge in [0.25, 0.3) is 0 Å². The smallest absolute Gasteiger partial charge is 0.00143 e. The van der Waals surface area contributed by atoms with Crippen molar-refractivity contribution in [3.05, 3.63) is 34.9 Å². The van der Waals surface area contributed by atoms with Crippen molar-refractivity contribution >= 4 is 9.24 Å².